The maximum atomic E-state index is 12.5. The number of nitriles is 1. The topological polar surface area (TPSA) is 40.9 Å². The molecule has 0 radical (unpaired) electrons. The third-order valence-corrected chi connectivity index (χ3v) is 5.15. The highest BCUT2D eigenvalue weighted by molar-refractivity contribution is 9.12. The fourth-order valence-corrected chi connectivity index (χ4v) is 4.66. The summed E-state index contributed by atoms with van der Waals surface area (Å²) in [5, 5.41) is 9.34. The number of hydrogen-bond acceptors (Lipinski definition) is 3. The number of benzene rings is 1. The highest BCUT2D eigenvalue weighted by atomic mass is 79.9. The number of carbonyl (C=O) groups excluding carboxylic acids is 1. The highest BCUT2D eigenvalue weighted by Crippen LogP contribution is 2.35. The molecule has 1 heterocycles. The van der Waals surface area contributed by atoms with Crippen molar-refractivity contribution in [3.05, 3.63) is 54.6 Å². The van der Waals surface area contributed by atoms with Gasteiger partial charge in [0.25, 0.3) is 0 Å². The van der Waals surface area contributed by atoms with Crippen molar-refractivity contribution in [1.29, 1.82) is 5.26 Å². The number of thiophene rings is 1. The number of carbonyl (C=O) groups is 1. The van der Waals surface area contributed by atoms with Crippen molar-refractivity contribution >= 4 is 49.0 Å². The molecule has 0 bridgehead atoms. The molecule has 2 rings (SSSR count). The Hall–Kier alpha value is -0.960. The van der Waals surface area contributed by atoms with Gasteiger partial charge >= 0.3 is 0 Å². The van der Waals surface area contributed by atoms with Gasteiger partial charge in [-0.25, -0.2) is 0 Å². The molecule has 0 aliphatic heterocycles. The first-order valence-electron chi connectivity index (χ1n) is 5.48. The first-order chi connectivity index (χ1) is 9.04. The summed E-state index contributed by atoms with van der Waals surface area (Å²) < 4.78 is 1.61. The first kappa shape index (κ1) is 14.4. The first-order valence-corrected chi connectivity index (χ1v) is 7.89. The monoisotopic (exact) mass is 397 g/mol. The predicted octanol–water partition coefficient (Wildman–Crippen LogP) is 5.07. The lowest BCUT2D eigenvalue weighted by Gasteiger charge is -2.10. The van der Waals surface area contributed by atoms with Crippen molar-refractivity contribution in [2.75, 3.05) is 0 Å². The van der Waals surface area contributed by atoms with Crippen LogP contribution in [-0.4, -0.2) is 5.78 Å². The fraction of sp³-hybridized carbons (Fsp3) is 0.143. The number of rotatable bonds is 3. The molecule has 19 heavy (non-hydrogen) atoms. The SMILES string of the molecule is Cc1ccccc1C(C#N)C(=O)c1cc(Br)sc1Br. The van der Waals surface area contributed by atoms with Crippen LogP contribution in [0.25, 0.3) is 0 Å². The normalized spacial score (nSPS) is 11.9. The molecule has 2 nitrogen and oxygen atoms in total. The van der Waals surface area contributed by atoms with E-state index in [1.165, 1.54) is 11.3 Å². The molecule has 1 unspecified atom stereocenters. The van der Waals surface area contributed by atoms with E-state index in [1.807, 2.05) is 31.2 Å². The number of halogens is 2. The molecule has 0 fully saturated rings. The van der Waals surface area contributed by atoms with Crippen molar-refractivity contribution in [3.63, 3.8) is 0 Å². The van der Waals surface area contributed by atoms with E-state index in [1.54, 1.807) is 6.07 Å². The molecule has 1 aromatic heterocycles. The van der Waals surface area contributed by atoms with E-state index >= 15 is 0 Å². The number of Topliss-reactive ketones (excluding diaryl/α,β-unsaturated/α-hetero) is 1. The van der Waals surface area contributed by atoms with Gasteiger partial charge in [-0.15, -0.1) is 11.3 Å². The van der Waals surface area contributed by atoms with Crippen LogP contribution in [0.4, 0.5) is 0 Å². The van der Waals surface area contributed by atoms with E-state index in [4.69, 9.17) is 0 Å². The molecule has 1 atom stereocenters. The molecule has 96 valence electrons. The average Bonchev–Trinajstić information content (AvgIpc) is 2.71. The summed E-state index contributed by atoms with van der Waals surface area (Å²) in [5.74, 6) is -0.940. The molecule has 1 aromatic carbocycles. The largest absolute Gasteiger partial charge is 0.292 e. The van der Waals surface area contributed by atoms with Crippen LogP contribution in [0.2, 0.25) is 0 Å². The van der Waals surface area contributed by atoms with Gasteiger partial charge in [0.05, 0.1) is 13.6 Å². The molecule has 0 spiro atoms. The highest BCUT2D eigenvalue weighted by Gasteiger charge is 2.26. The van der Waals surface area contributed by atoms with Crippen molar-refractivity contribution in [1.82, 2.24) is 0 Å². The molecule has 0 saturated heterocycles. The quantitative estimate of drug-likeness (QED) is 0.677. The maximum absolute atomic E-state index is 12.5. The van der Waals surface area contributed by atoms with Gasteiger partial charge in [0.15, 0.2) is 5.78 Å². The summed E-state index contributed by atoms with van der Waals surface area (Å²) >= 11 is 8.14. The second kappa shape index (κ2) is 6.00. The van der Waals surface area contributed by atoms with Gasteiger partial charge in [0, 0.05) is 5.56 Å². The molecule has 5 heteroatoms. The fourth-order valence-electron chi connectivity index (χ4n) is 1.84. The van der Waals surface area contributed by atoms with E-state index in [-0.39, 0.29) is 5.78 Å². The second-order valence-electron chi connectivity index (χ2n) is 4.02. The van der Waals surface area contributed by atoms with Gasteiger partial charge in [-0.3, -0.25) is 4.79 Å². The van der Waals surface area contributed by atoms with Crippen LogP contribution in [-0.2, 0) is 0 Å². The van der Waals surface area contributed by atoms with E-state index in [0.717, 1.165) is 18.7 Å². The Labute approximate surface area is 132 Å². The minimum absolute atomic E-state index is 0.175. The van der Waals surface area contributed by atoms with Crippen LogP contribution in [0.1, 0.15) is 27.4 Å². The summed E-state index contributed by atoms with van der Waals surface area (Å²) in [4.78, 5) is 12.5. The van der Waals surface area contributed by atoms with Crippen LogP contribution in [0.3, 0.4) is 0 Å². The zero-order valence-corrected chi connectivity index (χ0v) is 14.0. The number of aryl methyl sites for hydroxylation is 1. The average molecular weight is 399 g/mol. The van der Waals surface area contributed by atoms with Gasteiger partial charge in [-0.1, -0.05) is 24.3 Å². The Morgan fingerprint density at radius 2 is 2.05 bits per heavy atom. The summed E-state index contributed by atoms with van der Waals surface area (Å²) in [7, 11) is 0. The van der Waals surface area contributed by atoms with Crippen LogP contribution in [0, 0.1) is 18.3 Å². The van der Waals surface area contributed by atoms with Gasteiger partial charge in [-0.2, -0.15) is 5.26 Å². The number of hydrogen-bond donors (Lipinski definition) is 0. The van der Waals surface area contributed by atoms with E-state index in [0.29, 0.717) is 5.56 Å². The summed E-state index contributed by atoms with van der Waals surface area (Å²) in [6.07, 6.45) is 0. The van der Waals surface area contributed by atoms with Crippen LogP contribution in [0.5, 0.6) is 0 Å². The van der Waals surface area contributed by atoms with Crippen molar-refractivity contribution in [2.24, 2.45) is 0 Å². The second-order valence-corrected chi connectivity index (χ2v) is 7.77. The number of nitrogens with zero attached hydrogens (tertiary/aromatic N) is 1. The summed E-state index contributed by atoms with van der Waals surface area (Å²) in [6, 6.07) is 11.3. The van der Waals surface area contributed by atoms with Gasteiger partial charge in [0.2, 0.25) is 0 Å². The van der Waals surface area contributed by atoms with E-state index < -0.39 is 5.92 Å². The molecular formula is C14H9Br2NOS. The molecule has 0 saturated carbocycles. The molecule has 0 aliphatic rings. The number of ketones is 1. The standard InChI is InChI=1S/C14H9Br2NOS/c1-8-4-2-3-5-9(8)11(7-17)13(18)10-6-12(15)19-14(10)16/h2-6,11H,1H3. The molecule has 0 amide bonds. The maximum Gasteiger partial charge on any atom is 0.186 e. The zero-order chi connectivity index (χ0) is 14.0. The van der Waals surface area contributed by atoms with Crippen molar-refractivity contribution < 1.29 is 4.79 Å². The third-order valence-electron chi connectivity index (χ3n) is 2.81. The lowest BCUT2D eigenvalue weighted by atomic mass is 9.90. The smallest absolute Gasteiger partial charge is 0.186 e. The van der Waals surface area contributed by atoms with E-state index in [2.05, 4.69) is 37.9 Å². The minimum Gasteiger partial charge on any atom is -0.292 e. The van der Waals surface area contributed by atoms with E-state index in [9.17, 15) is 10.1 Å². The Morgan fingerprint density at radius 3 is 2.58 bits per heavy atom. The Bertz CT molecular complexity index is 672. The molecule has 0 aliphatic carbocycles. The van der Waals surface area contributed by atoms with Crippen molar-refractivity contribution in [2.45, 2.75) is 12.8 Å². The van der Waals surface area contributed by atoms with Crippen LogP contribution < -0.4 is 0 Å². The Kier molecular flexibility index (Phi) is 4.56. The summed E-state index contributed by atoms with van der Waals surface area (Å²) in [6.45, 7) is 1.91. The zero-order valence-electron chi connectivity index (χ0n) is 9.98. The van der Waals surface area contributed by atoms with Crippen LogP contribution in [0.15, 0.2) is 37.9 Å². The third kappa shape index (κ3) is 2.97. The van der Waals surface area contributed by atoms with Gasteiger partial charge < -0.3 is 0 Å². The minimum atomic E-state index is -0.765. The lowest BCUT2D eigenvalue weighted by Crippen LogP contribution is -2.12. The molecule has 2 aromatic rings. The van der Waals surface area contributed by atoms with Crippen molar-refractivity contribution in [3.8, 4) is 6.07 Å². The summed E-state index contributed by atoms with van der Waals surface area (Å²) in [5.41, 5.74) is 2.27. The lowest BCUT2D eigenvalue weighted by molar-refractivity contribution is 0.0978. The molecular weight excluding hydrogens is 390 g/mol. The predicted molar refractivity (Wildman–Crippen MR) is 83.6 cm³/mol. The molecule has 0 N–H and O–H groups in total. The Morgan fingerprint density at radius 1 is 1.37 bits per heavy atom. The van der Waals surface area contributed by atoms with Gasteiger partial charge in [0.1, 0.15) is 5.92 Å². The van der Waals surface area contributed by atoms with Crippen LogP contribution >= 0.6 is 43.2 Å². The van der Waals surface area contributed by atoms with Gasteiger partial charge in [-0.05, 0) is 56.0 Å². The Balaban J connectivity index is 2.44.